The molecule has 1 saturated heterocycles. The van der Waals surface area contributed by atoms with Crippen LogP contribution >= 0.6 is 23.2 Å². The summed E-state index contributed by atoms with van der Waals surface area (Å²) in [6, 6.07) is 5.07. The Labute approximate surface area is 139 Å². The highest BCUT2D eigenvalue weighted by atomic mass is 35.5. The third-order valence-electron chi connectivity index (χ3n) is 3.57. The van der Waals surface area contributed by atoms with Crippen molar-refractivity contribution in [3.63, 3.8) is 0 Å². The van der Waals surface area contributed by atoms with Crippen LogP contribution in [0.1, 0.15) is 19.8 Å². The number of likely N-dealkylation sites (tertiary alicyclic amines) is 1. The molecule has 1 aromatic rings. The van der Waals surface area contributed by atoms with E-state index in [1.165, 1.54) is 0 Å². The Kier molecular flexibility index (Phi) is 5.91. The molecule has 0 aromatic heterocycles. The van der Waals surface area contributed by atoms with Crippen LogP contribution in [-0.2, 0) is 9.59 Å². The highest BCUT2D eigenvalue weighted by Gasteiger charge is 2.22. The van der Waals surface area contributed by atoms with Gasteiger partial charge in [0, 0.05) is 26.1 Å². The third-order valence-corrected chi connectivity index (χ3v) is 4.17. The molecule has 0 unspecified atom stereocenters. The summed E-state index contributed by atoms with van der Waals surface area (Å²) in [5.41, 5.74) is 0. The van der Waals surface area contributed by atoms with E-state index in [1.807, 2.05) is 0 Å². The minimum Gasteiger partial charge on any atom is -0.481 e. The number of amides is 2. The second kappa shape index (κ2) is 7.70. The van der Waals surface area contributed by atoms with Gasteiger partial charge in [0.05, 0.1) is 10.0 Å². The standard InChI is InChI=1S/C15H18Cl2N2O3/c1-10(20)19-7-5-11(6-8-19)18-14(21)9-22-15-12(16)3-2-4-13(15)17/h2-4,11H,5-9H2,1H3,(H,18,21). The lowest BCUT2D eigenvalue weighted by molar-refractivity contribution is -0.130. The third kappa shape index (κ3) is 4.52. The summed E-state index contributed by atoms with van der Waals surface area (Å²) < 4.78 is 5.39. The zero-order chi connectivity index (χ0) is 16.1. The highest BCUT2D eigenvalue weighted by molar-refractivity contribution is 6.37. The van der Waals surface area contributed by atoms with E-state index in [-0.39, 0.29) is 24.5 Å². The average Bonchev–Trinajstić information content (AvgIpc) is 2.47. The van der Waals surface area contributed by atoms with Gasteiger partial charge in [-0.2, -0.15) is 0 Å². The molecule has 2 rings (SSSR count). The van der Waals surface area contributed by atoms with Crippen LogP contribution in [0.2, 0.25) is 10.0 Å². The highest BCUT2D eigenvalue weighted by Crippen LogP contribution is 2.32. The second-order valence-electron chi connectivity index (χ2n) is 5.19. The van der Waals surface area contributed by atoms with Crippen molar-refractivity contribution in [3.8, 4) is 5.75 Å². The molecule has 1 aliphatic heterocycles. The molecule has 0 bridgehead atoms. The molecule has 0 atom stereocenters. The summed E-state index contributed by atoms with van der Waals surface area (Å²) in [5.74, 6) is 0.158. The van der Waals surface area contributed by atoms with Crippen LogP contribution in [0.25, 0.3) is 0 Å². The van der Waals surface area contributed by atoms with E-state index in [2.05, 4.69) is 5.32 Å². The van der Waals surface area contributed by atoms with Crippen molar-refractivity contribution in [3.05, 3.63) is 28.2 Å². The minimum atomic E-state index is -0.225. The smallest absolute Gasteiger partial charge is 0.258 e. The Morgan fingerprint density at radius 2 is 1.86 bits per heavy atom. The number of hydrogen-bond acceptors (Lipinski definition) is 3. The molecule has 1 N–H and O–H groups in total. The Hall–Kier alpha value is -1.46. The van der Waals surface area contributed by atoms with E-state index in [0.717, 1.165) is 12.8 Å². The van der Waals surface area contributed by atoms with Crippen molar-refractivity contribution in [1.82, 2.24) is 10.2 Å². The van der Waals surface area contributed by atoms with Crippen molar-refractivity contribution >= 4 is 35.0 Å². The first kappa shape index (κ1) is 16.9. The van der Waals surface area contributed by atoms with Gasteiger partial charge in [0.15, 0.2) is 12.4 Å². The van der Waals surface area contributed by atoms with E-state index in [4.69, 9.17) is 27.9 Å². The summed E-state index contributed by atoms with van der Waals surface area (Å²) in [5, 5.41) is 3.64. The van der Waals surface area contributed by atoms with Crippen LogP contribution in [0, 0.1) is 0 Å². The molecular formula is C15H18Cl2N2O3. The normalized spacial score (nSPS) is 15.5. The van der Waals surface area contributed by atoms with Crippen LogP contribution in [0.15, 0.2) is 18.2 Å². The van der Waals surface area contributed by atoms with Crippen LogP contribution in [0.3, 0.4) is 0 Å². The molecule has 1 heterocycles. The number of carbonyl (C=O) groups is 2. The van der Waals surface area contributed by atoms with Crippen LogP contribution in [0.5, 0.6) is 5.75 Å². The largest absolute Gasteiger partial charge is 0.481 e. The van der Waals surface area contributed by atoms with Gasteiger partial charge >= 0.3 is 0 Å². The summed E-state index contributed by atoms with van der Waals surface area (Å²) in [7, 11) is 0. The predicted molar refractivity (Wildman–Crippen MR) is 85.4 cm³/mol. The fourth-order valence-corrected chi connectivity index (χ4v) is 2.87. The lowest BCUT2D eigenvalue weighted by atomic mass is 10.1. The number of halogens is 2. The molecule has 0 aliphatic carbocycles. The van der Waals surface area contributed by atoms with Crippen molar-refractivity contribution in [1.29, 1.82) is 0 Å². The topological polar surface area (TPSA) is 58.6 Å². The van der Waals surface area contributed by atoms with Crippen LogP contribution in [0.4, 0.5) is 0 Å². The fraction of sp³-hybridized carbons (Fsp3) is 0.467. The summed E-state index contributed by atoms with van der Waals surface area (Å²) >= 11 is 11.9. The Morgan fingerprint density at radius 1 is 1.27 bits per heavy atom. The SMILES string of the molecule is CC(=O)N1CCC(NC(=O)COc2c(Cl)cccc2Cl)CC1. The average molecular weight is 345 g/mol. The lowest BCUT2D eigenvalue weighted by Gasteiger charge is -2.31. The van der Waals surface area contributed by atoms with E-state index in [1.54, 1.807) is 30.0 Å². The molecule has 22 heavy (non-hydrogen) atoms. The molecule has 1 aliphatic rings. The fourth-order valence-electron chi connectivity index (χ4n) is 2.37. The summed E-state index contributed by atoms with van der Waals surface area (Å²) in [4.78, 5) is 24.9. The van der Waals surface area contributed by atoms with Gasteiger partial charge in [-0.1, -0.05) is 29.3 Å². The van der Waals surface area contributed by atoms with Crippen molar-refractivity contribution in [2.24, 2.45) is 0 Å². The van der Waals surface area contributed by atoms with Gasteiger partial charge in [-0.25, -0.2) is 0 Å². The number of rotatable bonds is 4. The second-order valence-corrected chi connectivity index (χ2v) is 6.00. The number of hydrogen-bond donors (Lipinski definition) is 1. The van der Waals surface area contributed by atoms with Crippen LogP contribution in [-0.4, -0.2) is 42.5 Å². The number of para-hydroxylation sites is 1. The molecule has 0 saturated carbocycles. The summed E-state index contributed by atoms with van der Waals surface area (Å²) in [6.07, 6.45) is 1.50. The molecule has 7 heteroatoms. The number of benzene rings is 1. The Bertz CT molecular complexity index is 537. The van der Waals surface area contributed by atoms with Crippen molar-refractivity contribution in [2.75, 3.05) is 19.7 Å². The first-order chi connectivity index (χ1) is 10.5. The zero-order valence-corrected chi connectivity index (χ0v) is 13.8. The Morgan fingerprint density at radius 3 is 2.41 bits per heavy atom. The molecular weight excluding hydrogens is 327 g/mol. The maximum absolute atomic E-state index is 11.9. The van der Waals surface area contributed by atoms with Crippen LogP contribution < -0.4 is 10.1 Å². The van der Waals surface area contributed by atoms with Gasteiger partial charge in [0.1, 0.15) is 0 Å². The maximum atomic E-state index is 11.9. The molecule has 2 amide bonds. The Balaban J connectivity index is 1.78. The first-order valence-corrected chi connectivity index (χ1v) is 7.84. The molecule has 0 radical (unpaired) electrons. The number of piperidine rings is 1. The van der Waals surface area contributed by atoms with Gasteiger partial charge in [-0.3, -0.25) is 9.59 Å². The van der Waals surface area contributed by atoms with Gasteiger partial charge in [0.25, 0.3) is 5.91 Å². The van der Waals surface area contributed by atoms with Gasteiger partial charge in [-0.15, -0.1) is 0 Å². The minimum absolute atomic E-state index is 0.0633. The molecule has 1 aromatic carbocycles. The molecule has 1 fully saturated rings. The van der Waals surface area contributed by atoms with E-state index in [0.29, 0.717) is 28.9 Å². The van der Waals surface area contributed by atoms with Crippen molar-refractivity contribution in [2.45, 2.75) is 25.8 Å². The number of carbonyl (C=O) groups excluding carboxylic acids is 2. The predicted octanol–water partition coefficient (Wildman–Crippen LogP) is 2.50. The van der Waals surface area contributed by atoms with Gasteiger partial charge in [-0.05, 0) is 25.0 Å². The summed E-state index contributed by atoms with van der Waals surface area (Å²) in [6.45, 7) is 2.74. The van der Waals surface area contributed by atoms with Gasteiger partial charge < -0.3 is 15.0 Å². The van der Waals surface area contributed by atoms with E-state index < -0.39 is 0 Å². The number of nitrogens with one attached hydrogen (secondary N) is 1. The molecule has 120 valence electrons. The van der Waals surface area contributed by atoms with E-state index in [9.17, 15) is 9.59 Å². The maximum Gasteiger partial charge on any atom is 0.258 e. The quantitative estimate of drug-likeness (QED) is 0.912. The number of nitrogens with zero attached hydrogens (tertiary/aromatic N) is 1. The zero-order valence-electron chi connectivity index (χ0n) is 12.3. The monoisotopic (exact) mass is 344 g/mol. The van der Waals surface area contributed by atoms with Gasteiger partial charge in [0.2, 0.25) is 5.91 Å². The molecule has 5 nitrogen and oxygen atoms in total. The molecule has 0 spiro atoms. The van der Waals surface area contributed by atoms with E-state index >= 15 is 0 Å². The number of ether oxygens (including phenoxy) is 1. The van der Waals surface area contributed by atoms with Crippen molar-refractivity contribution < 1.29 is 14.3 Å². The first-order valence-electron chi connectivity index (χ1n) is 7.09. The lowest BCUT2D eigenvalue weighted by Crippen LogP contribution is -2.47.